The van der Waals surface area contributed by atoms with Gasteiger partial charge in [0.2, 0.25) is 0 Å². The number of hydrogen-bond donors (Lipinski definition) is 3. The van der Waals surface area contributed by atoms with E-state index in [2.05, 4.69) is 30.9 Å². The number of benzene rings is 2. The van der Waals surface area contributed by atoms with Gasteiger partial charge in [-0.2, -0.15) is 13.2 Å². The highest BCUT2D eigenvalue weighted by atomic mass is 19.4. The molecule has 4 aromatic rings. The molecular weight excluding hydrogens is 581 g/mol. The lowest BCUT2D eigenvalue weighted by atomic mass is 10.2. The van der Waals surface area contributed by atoms with Crippen LogP contribution in [-0.4, -0.2) is 54.9 Å². The first-order chi connectivity index (χ1) is 21.2. The lowest BCUT2D eigenvalue weighted by Gasteiger charge is -2.14. The van der Waals surface area contributed by atoms with Crippen LogP contribution in [0.5, 0.6) is 23.1 Å². The molecule has 0 spiro atoms. The first-order valence-electron chi connectivity index (χ1n) is 13.5. The van der Waals surface area contributed by atoms with Gasteiger partial charge >= 0.3 is 12.2 Å². The highest BCUT2D eigenvalue weighted by Crippen LogP contribution is 2.34. The third-order valence-electron chi connectivity index (χ3n) is 5.93. The normalized spacial score (nSPS) is 11.0. The van der Waals surface area contributed by atoms with E-state index in [0.717, 1.165) is 23.4 Å². The van der Waals surface area contributed by atoms with Crippen molar-refractivity contribution >= 4 is 17.4 Å². The molecule has 0 aliphatic carbocycles. The number of pyridine rings is 1. The largest absolute Gasteiger partial charge is 0.497 e. The number of halogens is 3. The van der Waals surface area contributed by atoms with Crippen molar-refractivity contribution in [2.75, 3.05) is 44.5 Å². The molecule has 14 heteroatoms. The summed E-state index contributed by atoms with van der Waals surface area (Å²) in [5.41, 5.74) is 0.607. The van der Waals surface area contributed by atoms with E-state index in [0.29, 0.717) is 36.2 Å². The van der Waals surface area contributed by atoms with E-state index in [1.165, 1.54) is 24.7 Å². The van der Waals surface area contributed by atoms with Gasteiger partial charge in [-0.05, 0) is 49.9 Å². The molecule has 0 aliphatic heterocycles. The molecule has 0 saturated carbocycles. The number of alkyl halides is 3. The third kappa shape index (κ3) is 8.94. The average Bonchev–Trinajstić information content (AvgIpc) is 3.01. The Hall–Kier alpha value is -5.11. The predicted molar refractivity (Wildman–Crippen MR) is 157 cm³/mol. The van der Waals surface area contributed by atoms with E-state index in [1.807, 2.05) is 31.2 Å². The number of rotatable bonds is 13. The van der Waals surface area contributed by atoms with Gasteiger partial charge in [-0.25, -0.2) is 19.7 Å². The number of urea groups is 1. The summed E-state index contributed by atoms with van der Waals surface area (Å²) >= 11 is 0. The fourth-order valence-corrected chi connectivity index (χ4v) is 3.82. The minimum absolute atomic E-state index is 0.0322. The summed E-state index contributed by atoms with van der Waals surface area (Å²) < 4.78 is 62.3. The van der Waals surface area contributed by atoms with Crippen LogP contribution in [0.3, 0.4) is 0 Å². The van der Waals surface area contributed by atoms with Gasteiger partial charge in [0.25, 0.3) is 5.88 Å². The van der Waals surface area contributed by atoms with Crippen LogP contribution in [0, 0.1) is 0 Å². The molecule has 2 heterocycles. The zero-order valence-corrected chi connectivity index (χ0v) is 24.2. The van der Waals surface area contributed by atoms with Crippen LogP contribution in [-0.2, 0) is 12.8 Å². The molecule has 232 valence electrons. The molecule has 0 bridgehead atoms. The Kier molecular flexibility index (Phi) is 10.8. The Morgan fingerprint density at radius 2 is 1.59 bits per heavy atom. The van der Waals surface area contributed by atoms with E-state index < -0.39 is 17.8 Å². The summed E-state index contributed by atoms with van der Waals surface area (Å²) in [7, 11) is 3.29. The van der Waals surface area contributed by atoms with Gasteiger partial charge in [0.15, 0.2) is 11.6 Å². The molecule has 0 aliphatic rings. The second-order valence-electron chi connectivity index (χ2n) is 9.17. The highest BCUT2D eigenvalue weighted by molar-refractivity contribution is 5.99. The SMILES string of the molecule is CCOc1cc(-c2ncc(NC(=O)Nc3cc(OCCNC)cc(C(F)(F)F)c3)cn2)cnc1OCc1ccc(OC)cc1. The van der Waals surface area contributed by atoms with Crippen LogP contribution >= 0.6 is 0 Å². The topological polar surface area (TPSA) is 129 Å². The van der Waals surface area contributed by atoms with Crippen molar-refractivity contribution in [2.24, 2.45) is 0 Å². The molecule has 0 atom stereocenters. The Bertz CT molecular complexity index is 1540. The number of carbonyl (C=O) groups is 1. The molecule has 0 radical (unpaired) electrons. The minimum atomic E-state index is -4.63. The van der Waals surface area contributed by atoms with Crippen LogP contribution in [0.1, 0.15) is 18.1 Å². The quantitative estimate of drug-likeness (QED) is 0.161. The van der Waals surface area contributed by atoms with Crippen molar-refractivity contribution in [3.63, 3.8) is 0 Å². The number of aromatic nitrogens is 3. The predicted octanol–water partition coefficient (Wildman–Crippen LogP) is 5.79. The van der Waals surface area contributed by atoms with Crippen molar-refractivity contribution in [1.82, 2.24) is 20.3 Å². The second-order valence-corrected chi connectivity index (χ2v) is 9.17. The molecule has 0 saturated heterocycles. The zero-order valence-electron chi connectivity index (χ0n) is 24.2. The monoisotopic (exact) mass is 612 g/mol. The van der Waals surface area contributed by atoms with Gasteiger partial charge in [-0.15, -0.1) is 0 Å². The number of nitrogens with one attached hydrogen (secondary N) is 3. The Morgan fingerprint density at radius 3 is 2.25 bits per heavy atom. The summed E-state index contributed by atoms with van der Waals surface area (Å²) in [5.74, 6) is 1.71. The summed E-state index contributed by atoms with van der Waals surface area (Å²) in [5, 5.41) is 7.73. The average molecular weight is 613 g/mol. The molecule has 2 aromatic heterocycles. The molecule has 2 aromatic carbocycles. The number of anilines is 2. The van der Waals surface area contributed by atoms with E-state index in [-0.39, 0.29) is 30.3 Å². The summed E-state index contributed by atoms with van der Waals surface area (Å²) in [6, 6.07) is 11.3. The van der Waals surface area contributed by atoms with E-state index >= 15 is 0 Å². The number of nitrogens with zero attached hydrogens (tertiary/aromatic N) is 3. The summed E-state index contributed by atoms with van der Waals surface area (Å²) in [6.45, 7) is 3.05. The molecular formula is C30H31F3N6O5. The molecule has 44 heavy (non-hydrogen) atoms. The van der Waals surface area contributed by atoms with Crippen molar-refractivity contribution in [3.05, 3.63) is 78.2 Å². The van der Waals surface area contributed by atoms with Gasteiger partial charge < -0.3 is 34.9 Å². The van der Waals surface area contributed by atoms with E-state index in [4.69, 9.17) is 18.9 Å². The van der Waals surface area contributed by atoms with Crippen molar-refractivity contribution in [2.45, 2.75) is 19.7 Å². The van der Waals surface area contributed by atoms with Gasteiger partial charge in [-0.1, -0.05) is 12.1 Å². The maximum absolute atomic E-state index is 13.4. The molecule has 3 N–H and O–H groups in total. The van der Waals surface area contributed by atoms with Gasteiger partial charge in [0.05, 0.1) is 37.4 Å². The molecule has 2 amide bonds. The van der Waals surface area contributed by atoms with Crippen LogP contribution in [0.2, 0.25) is 0 Å². The number of likely N-dealkylation sites (N-methyl/N-ethyl adjacent to an activating group) is 1. The summed E-state index contributed by atoms with van der Waals surface area (Å²) in [4.78, 5) is 25.5. The van der Waals surface area contributed by atoms with Crippen LogP contribution < -0.4 is 34.9 Å². The fraction of sp³-hybridized carbons (Fsp3) is 0.267. The molecule has 4 rings (SSSR count). The number of hydrogen-bond acceptors (Lipinski definition) is 9. The highest BCUT2D eigenvalue weighted by Gasteiger charge is 2.31. The van der Waals surface area contributed by atoms with Crippen LogP contribution in [0.25, 0.3) is 11.4 Å². The fourth-order valence-electron chi connectivity index (χ4n) is 3.82. The number of amides is 2. The third-order valence-corrected chi connectivity index (χ3v) is 5.93. The minimum Gasteiger partial charge on any atom is -0.497 e. The van der Waals surface area contributed by atoms with E-state index in [1.54, 1.807) is 20.2 Å². The van der Waals surface area contributed by atoms with Crippen molar-refractivity contribution in [3.8, 4) is 34.5 Å². The maximum atomic E-state index is 13.4. The summed E-state index contributed by atoms with van der Waals surface area (Å²) in [6.07, 6.45) is -0.384. The smallest absolute Gasteiger partial charge is 0.416 e. The maximum Gasteiger partial charge on any atom is 0.416 e. The Balaban J connectivity index is 1.41. The molecule has 11 nitrogen and oxygen atoms in total. The van der Waals surface area contributed by atoms with Crippen LogP contribution in [0.4, 0.5) is 29.3 Å². The Labute approximate surface area is 251 Å². The second kappa shape index (κ2) is 14.9. The standard InChI is InChI=1S/C30H31F3N6O5/c1-4-42-26-11-20(15-37-28(26)44-18-19-5-7-24(41-3)8-6-19)27-35-16-23(17-36-27)39-29(40)38-22-12-21(30(31,32)33)13-25(14-22)43-10-9-34-2/h5-8,11-17,34H,4,9-10,18H2,1-3H3,(H2,38,39,40). The van der Waals surface area contributed by atoms with Gasteiger partial charge in [0.1, 0.15) is 24.7 Å². The number of ether oxygens (including phenoxy) is 4. The number of methoxy groups -OCH3 is 1. The van der Waals surface area contributed by atoms with Crippen molar-refractivity contribution in [1.29, 1.82) is 0 Å². The lowest BCUT2D eigenvalue weighted by Crippen LogP contribution is -2.20. The Morgan fingerprint density at radius 1 is 0.864 bits per heavy atom. The first kappa shape index (κ1) is 31.8. The lowest BCUT2D eigenvalue weighted by molar-refractivity contribution is -0.137. The van der Waals surface area contributed by atoms with Gasteiger partial charge in [0, 0.05) is 30.1 Å². The zero-order chi connectivity index (χ0) is 31.5. The van der Waals surface area contributed by atoms with Gasteiger partial charge in [-0.3, -0.25) is 0 Å². The first-order valence-corrected chi connectivity index (χ1v) is 13.5. The number of carbonyl (C=O) groups excluding carboxylic acids is 1. The van der Waals surface area contributed by atoms with Crippen molar-refractivity contribution < 1.29 is 36.9 Å². The van der Waals surface area contributed by atoms with Crippen LogP contribution in [0.15, 0.2) is 67.1 Å². The molecule has 0 unspecified atom stereocenters. The van der Waals surface area contributed by atoms with E-state index in [9.17, 15) is 18.0 Å². The molecule has 0 fully saturated rings.